The smallest absolute Gasteiger partial charge is 0.325 e. The Balaban J connectivity index is 1.41. The fourth-order valence-electron chi connectivity index (χ4n) is 2.99. The highest BCUT2D eigenvalue weighted by Crippen LogP contribution is 2.27. The molecule has 0 saturated carbocycles. The SMILES string of the molecule is COCCCc1ccc(OC(=O)CNCc2ccc(Oc3ccccc3)cc2)c(O)c1. The maximum Gasteiger partial charge on any atom is 0.325 e. The molecule has 3 aromatic rings. The number of ether oxygens (including phenoxy) is 3. The highest BCUT2D eigenvalue weighted by molar-refractivity contribution is 5.75. The van der Waals surface area contributed by atoms with Gasteiger partial charge in [-0.25, -0.2) is 0 Å². The van der Waals surface area contributed by atoms with E-state index in [1.54, 1.807) is 19.2 Å². The van der Waals surface area contributed by atoms with E-state index in [9.17, 15) is 9.90 Å². The number of carbonyl (C=O) groups is 1. The van der Waals surface area contributed by atoms with E-state index in [2.05, 4.69) is 5.32 Å². The predicted molar refractivity (Wildman–Crippen MR) is 119 cm³/mol. The highest BCUT2D eigenvalue weighted by Gasteiger charge is 2.10. The first kappa shape index (κ1) is 22.3. The van der Waals surface area contributed by atoms with E-state index in [0.717, 1.165) is 35.5 Å². The first-order valence-electron chi connectivity index (χ1n) is 10.2. The van der Waals surface area contributed by atoms with Crippen LogP contribution in [0, 0.1) is 0 Å². The molecule has 2 N–H and O–H groups in total. The number of carbonyl (C=O) groups excluding carboxylic acids is 1. The van der Waals surface area contributed by atoms with E-state index >= 15 is 0 Å². The molecule has 0 unspecified atom stereocenters. The molecule has 0 aromatic heterocycles. The second-order valence-electron chi connectivity index (χ2n) is 7.04. The number of phenolic OH excluding ortho intramolecular Hbond substituents is 1. The molecule has 0 aliphatic heterocycles. The van der Waals surface area contributed by atoms with Crippen LogP contribution >= 0.6 is 0 Å². The monoisotopic (exact) mass is 421 g/mol. The Morgan fingerprint density at radius 3 is 2.35 bits per heavy atom. The van der Waals surface area contributed by atoms with Crippen LogP contribution in [0.15, 0.2) is 72.8 Å². The lowest BCUT2D eigenvalue weighted by molar-refractivity contribution is -0.133. The van der Waals surface area contributed by atoms with Gasteiger partial charge in [-0.3, -0.25) is 4.79 Å². The third kappa shape index (κ3) is 7.44. The predicted octanol–water partition coefficient (Wildman–Crippen LogP) is 4.46. The second kappa shape index (κ2) is 11.7. The normalized spacial score (nSPS) is 10.6. The summed E-state index contributed by atoms with van der Waals surface area (Å²) in [5, 5.41) is 13.1. The Morgan fingerprint density at radius 1 is 0.935 bits per heavy atom. The first-order valence-corrected chi connectivity index (χ1v) is 10.2. The van der Waals surface area contributed by atoms with Gasteiger partial charge in [-0.1, -0.05) is 36.4 Å². The number of methoxy groups -OCH3 is 1. The third-order valence-electron chi connectivity index (χ3n) is 4.56. The summed E-state index contributed by atoms with van der Waals surface area (Å²) in [4.78, 5) is 12.1. The molecule has 3 aromatic carbocycles. The molecule has 3 rings (SSSR count). The fraction of sp³-hybridized carbons (Fsp3) is 0.240. The van der Waals surface area contributed by atoms with E-state index in [4.69, 9.17) is 14.2 Å². The van der Waals surface area contributed by atoms with Gasteiger partial charge < -0.3 is 24.6 Å². The molecule has 0 fully saturated rings. The van der Waals surface area contributed by atoms with Crippen molar-refractivity contribution in [2.75, 3.05) is 20.3 Å². The number of para-hydroxylation sites is 1. The number of aromatic hydroxyl groups is 1. The van der Waals surface area contributed by atoms with Gasteiger partial charge in [0.2, 0.25) is 0 Å². The Kier molecular flexibility index (Phi) is 8.46. The van der Waals surface area contributed by atoms with Crippen LogP contribution in [-0.4, -0.2) is 31.3 Å². The van der Waals surface area contributed by atoms with Gasteiger partial charge in [0.15, 0.2) is 11.5 Å². The van der Waals surface area contributed by atoms with Gasteiger partial charge in [-0.2, -0.15) is 0 Å². The zero-order chi connectivity index (χ0) is 21.9. The van der Waals surface area contributed by atoms with Crippen LogP contribution in [0.25, 0.3) is 0 Å². The zero-order valence-corrected chi connectivity index (χ0v) is 17.5. The Morgan fingerprint density at radius 2 is 1.65 bits per heavy atom. The van der Waals surface area contributed by atoms with Gasteiger partial charge in [0, 0.05) is 20.3 Å². The lowest BCUT2D eigenvalue weighted by atomic mass is 10.1. The van der Waals surface area contributed by atoms with Gasteiger partial charge in [0.05, 0.1) is 6.54 Å². The maximum atomic E-state index is 12.1. The minimum atomic E-state index is -0.466. The molecule has 0 bridgehead atoms. The third-order valence-corrected chi connectivity index (χ3v) is 4.56. The number of esters is 1. The van der Waals surface area contributed by atoms with Crippen molar-refractivity contribution in [1.82, 2.24) is 5.32 Å². The van der Waals surface area contributed by atoms with E-state index in [1.807, 2.05) is 60.7 Å². The minimum Gasteiger partial charge on any atom is -0.504 e. The lowest BCUT2D eigenvalue weighted by Gasteiger charge is -2.10. The highest BCUT2D eigenvalue weighted by atomic mass is 16.5. The summed E-state index contributed by atoms with van der Waals surface area (Å²) in [6, 6.07) is 22.3. The molecule has 0 saturated heterocycles. The molecule has 0 atom stereocenters. The largest absolute Gasteiger partial charge is 0.504 e. The number of hydrogen-bond acceptors (Lipinski definition) is 6. The molecular weight excluding hydrogens is 394 g/mol. The Bertz CT molecular complexity index is 957. The van der Waals surface area contributed by atoms with Gasteiger partial charge in [0.25, 0.3) is 0 Å². The van der Waals surface area contributed by atoms with Gasteiger partial charge in [0.1, 0.15) is 11.5 Å². The van der Waals surface area contributed by atoms with Crippen LogP contribution in [0.2, 0.25) is 0 Å². The molecule has 0 spiro atoms. The number of aryl methyl sites for hydroxylation is 1. The number of rotatable bonds is 11. The summed E-state index contributed by atoms with van der Waals surface area (Å²) in [5.74, 6) is 1.17. The molecular formula is C25H27NO5. The Hall–Kier alpha value is -3.35. The summed E-state index contributed by atoms with van der Waals surface area (Å²) in [6.07, 6.45) is 1.64. The second-order valence-corrected chi connectivity index (χ2v) is 7.04. The molecule has 0 amide bonds. The van der Waals surface area contributed by atoms with Crippen molar-refractivity contribution < 1.29 is 24.1 Å². The summed E-state index contributed by atoms with van der Waals surface area (Å²) < 4.78 is 16.0. The van der Waals surface area contributed by atoms with Crippen molar-refractivity contribution in [3.05, 3.63) is 83.9 Å². The molecule has 0 radical (unpaired) electrons. The minimum absolute atomic E-state index is 0.0251. The van der Waals surface area contributed by atoms with Crippen LogP contribution in [-0.2, 0) is 22.5 Å². The average Bonchev–Trinajstić information content (AvgIpc) is 2.78. The summed E-state index contributed by atoms with van der Waals surface area (Å²) in [7, 11) is 1.66. The first-order chi connectivity index (χ1) is 15.1. The van der Waals surface area contributed by atoms with Crippen LogP contribution < -0.4 is 14.8 Å². The van der Waals surface area contributed by atoms with Crippen LogP contribution in [0.4, 0.5) is 0 Å². The van der Waals surface area contributed by atoms with Gasteiger partial charge in [-0.05, 0) is 60.4 Å². The van der Waals surface area contributed by atoms with E-state index in [1.165, 1.54) is 0 Å². The molecule has 0 heterocycles. The van der Waals surface area contributed by atoms with E-state index in [0.29, 0.717) is 13.2 Å². The van der Waals surface area contributed by atoms with Crippen LogP contribution in [0.3, 0.4) is 0 Å². The van der Waals surface area contributed by atoms with E-state index in [-0.39, 0.29) is 18.0 Å². The van der Waals surface area contributed by atoms with Crippen molar-refractivity contribution in [3.8, 4) is 23.0 Å². The number of benzene rings is 3. The molecule has 31 heavy (non-hydrogen) atoms. The van der Waals surface area contributed by atoms with E-state index < -0.39 is 5.97 Å². The summed E-state index contributed by atoms with van der Waals surface area (Å²) in [6.45, 7) is 1.19. The van der Waals surface area contributed by atoms with Gasteiger partial charge in [-0.15, -0.1) is 0 Å². The topological polar surface area (TPSA) is 77.0 Å². The zero-order valence-electron chi connectivity index (χ0n) is 17.5. The maximum absolute atomic E-state index is 12.1. The van der Waals surface area contributed by atoms with Gasteiger partial charge >= 0.3 is 5.97 Å². The standard InChI is InChI=1S/C25H27NO5/c1-29-15-5-6-19-11-14-24(23(27)16-19)31-25(28)18-26-17-20-9-12-22(13-10-20)30-21-7-3-2-4-8-21/h2-4,7-14,16,26-27H,5-6,15,17-18H2,1H3. The fourth-order valence-corrected chi connectivity index (χ4v) is 2.99. The number of nitrogens with one attached hydrogen (secondary N) is 1. The number of phenols is 1. The molecule has 0 aliphatic rings. The summed E-state index contributed by atoms with van der Waals surface area (Å²) >= 11 is 0. The van der Waals surface area contributed by atoms with Crippen LogP contribution in [0.5, 0.6) is 23.0 Å². The number of hydrogen-bond donors (Lipinski definition) is 2. The van der Waals surface area contributed by atoms with Crippen molar-refractivity contribution >= 4 is 5.97 Å². The van der Waals surface area contributed by atoms with Crippen molar-refractivity contribution in [1.29, 1.82) is 0 Å². The quantitative estimate of drug-likeness (QED) is 0.270. The van der Waals surface area contributed by atoms with Crippen molar-refractivity contribution in [3.63, 3.8) is 0 Å². The average molecular weight is 421 g/mol. The van der Waals surface area contributed by atoms with Crippen molar-refractivity contribution in [2.24, 2.45) is 0 Å². The van der Waals surface area contributed by atoms with Crippen molar-refractivity contribution in [2.45, 2.75) is 19.4 Å². The molecule has 162 valence electrons. The lowest BCUT2D eigenvalue weighted by Crippen LogP contribution is -2.26. The molecule has 6 nitrogen and oxygen atoms in total. The van der Waals surface area contributed by atoms with Crippen LogP contribution in [0.1, 0.15) is 17.5 Å². The Labute approximate surface area is 182 Å². The molecule has 6 heteroatoms. The molecule has 0 aliphatic carbocycles. The summed E-state index contributed by atoms with van der Waals surface area (Å²) in [5.41, 5.74) is 1.98.